The number of hydrogen-bond acceptors (Lipinski definition) is 5. The van der Waals surface area contributed by atoms with Crippen molar-refractivity contribution in [1.82, 2.24) is 15.1 Å². The highest BCUT2D eigenvalue weighted by molar-refractivity contribution is 5.78. The van der Waals surface area contributed by atoms with Crippen LogP contribution in [0.4, 0.5) is 0 Å². The maximum Gasteiger partial charge on any atom is 0.307 e. The SMILES string of the molecule is CC(C)(C)OC(=O)CCN1CCN(CC(=O)NC2CC2)CC1. The molecule has 0 unspecified atom stereocenters. The fourth-order valence-electron chi connectivity index (χ4n) is 2.52. The van der Waals surface area contributed by atoms with Crippen LogP contribution in [0.5, 0.6) is 0 Å². The van der Waals surface area contributed by atoms with E-state index in [1.54, 1.807) is 0 Å². The smallest absolute Gasteiger partial charge is 0.307 e. The summed E-state index contributed by atoms with van der Waals surface area (Å²) in [6.07, 6.45) is 2.69. The number of hydrogen-bond donors (Lipinski definition) is 1. The third-order valence-corrected chi connectivity index (χ3v) is 3.83. The van der Waals surface area contributed by atoms with Crippen LogP contribution in [0.15, 0.2) is 0 Å². The largest absolute Gasteiger partial charge is 0.460 e. The van der Waals surface area contributed by atoms with Gasteiger partial charge in [-0.3, -0.25) is 14.5 Å². The minimum absolute atomic E-state index is 0.140. The number of esters is 1. The lowest BCUT2D eigenvalue weighted by atomic mass is 10.2. The quantitative estimate of drug-likeness (QED) is 0.729. The van der Waals surface area contributed by atoms with E-state index in [0.29, 0.717) is 19.0 Å². The van der Waals surface area contributed by atoms with E-state index in [0.717, 1.165) is 45.6 Å². The molecule has 126 valence electrons. The average Bonchev–Trinajstić information content (AvgIpc) is 3.19. The summed E-state index contributed by atoms with van der Waals surface area (Å²) in [6, 6.07) is 0.433. The molecule has 1 saturated heterocycles. The molecule has 1 amide bonds. The van der Waals surface area contributed by atoms with Crippen molar-refractivity contribution >= 4 is 11.9 Å². The van der Waals surface area contributed by atoms with E-state index in [1.165, 1.54) is 0 Å². The molecule has 2 fully saturated rings. The van der Waals surface area contributed by atoms with Gasteiger partial charge in [0.15, 0.2) is 0 Å². The molecule has 6 heteroatoms. The van der Waals surface area contributed by atoms with Crippen molar-refractivity contribution in [3.05, 3.63) is 0 Å². The molecule has 0 aromatic heterocycles. The zero-order valence-corrected chi connectivity index (χ0v) is 14.1. The molecule has 1 N–H and O–H groups in total. The highest BCUT2D eigenvalue weighted by Crippen LogP contribution is 2.18. The number of ether oxygens (including phenoxy) is 1. The van der Waals surface area contributed by atoms with E-state index in [4.69, 9.17) is 4.74 Å². The molecule has 22 heavy (non-hydrogen) atoms. The number of nitrogens with one attached hydrogen (secondary N) is 1. The minimum Gasteiger partial charge on any atom is -0.460 e. The van der Waals surface area contributed by atoms with Crippen LogP contribution in [-0.2, 0) is 14.3 Å². The Bertz CT molecular complexity index is 394. The van der Waals surface area contributed by atoms with Gasteiger partial charge in [0.2, 0.25) is 5.91 Å². The summed E-state index contributed by atoms with van der Waals surface area (Å²) < 4.78 is 5.32. The molecule has 0 radical (unpaired) electrons. The Hall–Kier alpha value is -1.14. The van der Waals surface area contributed by atoms with Gasteiger partial charge < -0.3 is 15.0 Å². The van der Waals surface area contributed by atoms with Gasteiger partial charge in [0.25, 0.3) is 0 Å². The Balaban J connectivity index is 1.58. The zero-order chi connectivity index (χ0) is 16.2. The minimum atomic E-state index is -0.412. The maximum atomic E-state index is 11.8. The van der Waals surface area contributed by atoms with Crippen LogP contribution in [0.1, 0.15) is 40.0 Å². The summed E-state index contributed by atoms with van der Waals surface area (Å²) in [5, 5.41) is 3.02. The van der Waals surface area contributed by atoms with Crippen molar-refractivity contribution in [2.24, 2.45) is 0 Å². The molecule has 1 aliphatic heterocycles. The van der Waals surface area contributed by atoms with Gasteiger partial charge in [0.05, 0.1) is 13.0 Å². The van der Waals surface area contributed by atoms with Gasteiger partial charge in [-0.05, 0) is 33.6 Å². The van der Waals surface area contributed by atoms with Crippen molar-refractivity contribution in [2.45, 2.75) is 51.7 Å². The predicted molar refractivity (Wildman–Crippen MR) is 84.5 cm³/mol. The first-order valence-electron chi connectivity index (χ1n) is 8.28. The fourth-order valence-corrected chi connectivity index (χ4v) is 2.52. The van der Waals surface area contributed by atoms with E-state index in [2.05, 4.69) is 15.1 Å². The maximum absolute atomic E-state index is 11.8. The molecule has 2 aliphatic rings. The van der Waals surface area contributed by atoms with Gasteiger partial charge in [-0.25, -0.2) is 0 Å². The number of carbonyl (C=O) groups is 2. The molecule has 2 rings (SSSR count). The standard InChI is InChI=1S/C16H29N3O3/c1-16(2,3)22-15(21)6-7-18-8-10-19(11-9-18)12-14(20)17-13-4-5-13/h13H,4-12H2,1-3H3,(H,17,20). The van der Waals surface area contributed by atoms with Crippen molar-refractivity contribution in [3.63, 3.8) is 0 Å². The first-order chi connectivity index (χ1) is 10.3. The number of rotatable bonds is 6. The molecule has 1 aliphatic carbocycles. The molecule has 0 aromatic rings. The van der Waals surface area contributed by atoms with Crippen LogP contribution in [0, 0.1) is 0 Å². The van der Waals surface area contributed by atoms with Crippen LogP contribution in [-0.4, -0.2) is 72.6 Å². The van der Waals surface area contributed by atoms with Gasteiger partial charge in [-0.15, -0.1) is 0 Å². The summed E-state index contributed by atoms with van der Waals surface area (Å²) >= 11 is 0. The molecule has 0 atom stereocenters. The lowest BCUT2D eigenvalue weighted by Gasteiger charge is -2.34. The van der Waals surface area contributed by atoms with E-state index in [-0.39, 0.29) is 11.9 Å². The van der Waals surface area contributed by atoms with Gasteiger partial charge in [-0.1, -0.05) is 0 Å². The molecule has 0 spiro atoms. The molecule has 6 nitrogen and oxygen atoms in total. The van der Waals surface area contributed by atoms with E-state index in [1.807, 2.05) is 20.8 Å². The molecule has 0 bridgehead atoms. The molecular formula is C16H29N3O3. The van der Waals surface area contributed by atoms with Gasteiger partial charge >= 0.3 is 5.97 Å². The summed E-state index contributed by atoms with van der Waals surface area (Å²) in [5.74, 6) is 0.00319. The lowest BCUT2D eigenvalue weighted by molar-refractivity contribution is -0.155. The Kier molecular flexibility index (Phi) is 5.81. The second kappa shape index (κ2) is 7.42. The highest BCUT2D eigenvalue weighted by atomic mass is 16.6. The van der Waals surface area contributed by atoms with Crippen LogP contribution < -0.4 is 5.32 Å². The van der Waals surface area contributed by atoms with Gasteiger partial charge in [-0.2, -0.15) is 0 Å². The first-order valence-corrected chi connectivity index (χ1v) is 8.28. The topological polar surface area (TPSA) is 61.9 Å². The summed E-state index contributed by atoms with van der Waals surface area (Å²) in [4.78, 5) is 27.9. The Morgan fingerprint density at radius 1 is 1.09 bits per heavy atom. The summed E-state index contributed by atoms with van der Waals surface area (Å²) in [7, 11) is 0. The molecule has 0 aromatic carbocycles. The van der Waals surface area contributed by atoms with Gasteiger partial charge in [0, 0.05) is 38.8 Å². The monoisotopic (exact) mass is 311 g/mol. The molecular weight excluding hydrogens is 282 g/mol. The average molecular weight is 311 g/mol. The summed E-state index contributed by atoms with van der Waals surface area (Å²) in [6.45, 7) is 10.5. The van der Waals surface area contributed by atoms with Crippen molar-refractivity contribution in [1.29, 1.82) is 0 Å². The predicted octanol–water partition coefficient (Wildman–Crippen LogP) is 0.614. The van der Waals surface area contributed by atoms with E-state index >= 15 is 0 Å². The van der Waals surface area contributed by atoms with Crippen LogP contribution >= 0.6 is 0 Å². The number of carbonyl (C=O) groups excluding carboxylic acids is 2. The Morgan fingerprint density at radius 2 is 1.68 bits per heavy atom. The number of piperazine rings is 1. The van der Waals surface area contributed by atoms with Crippen molar-refractivity contribution < 1.29 is 14.3 Å². The van der Waals surface area contributed by atoms with Crippen LogP contribution in [0.2, 0.25) is 0 Å². The van der Waals surface area contributed by atoms with Crippen LogP contribution in [0.3, 0.4) is 0 Å². The summed E-state index contributed by atoms with van der Waals surface area (Å²) in [5.41, 5.74) is -0.412. The van der Waals surface area contributed by atoms with Gasteiger partial charge in [0.1, 0.15) is 5.60 Å². The second-order valence-corrected chi connectivity index (χ2v) is 7.30. The number of nitrogens with zero attached hydrogens (tertiary/aromatic N) is 2. The first kappa shape index (κ1) is 17.2. The Morgan fingerprint density at radius 3 is 2.23 bits per heavy atom. The van der Waals surface area contributed by atoms with Crippen molar-refractivity contribution in [3.8, 4) is 0 Å². The lowest BCUT2D eigenvalue weighted by Crippen LogP contribution is -2.50. The van der Waals surface area contributed by atoms with Crippen molar-refractivity contribution in [2.75, 3.05) is 39.3 Å². The van der Waals surface area contributed by atoms with E-state index in [9.17, 15) is 9.59 Å². The molecule has 1 saturated carbocycles. The normalized spacial score (nSPS) is 20.7. The fraction of sp³-hybridized carbons (Fsp3) is 0.875. The molecule has 1 heterocycles. The van der Waals surface area contributed by atoms with Crippen LogP contribution in [0.25, 0.3) is 0 Å². The van der Waals surface area contributed by atoms with E-state index < -0.39 is 5.60 Å². The third kappa shape index (κ3) is 6.75. The Labute approximate surface area is 133 Å². The highest BCUT2D eigenvalue weighted by Gasteiger charge is 2.25. The second-order valence-electron chi connectivity index (χ2n) is 7.30. The third-order valence-electron chi connectivity index (χ3n) is 3.83. The zero-order valence-electron chi connectivity index (χ0n) is 14.1. The number of amides is 1.